The molecule has 2 aromatic carbocycles. The van der Waals surface area contributed by atoms with E-state index in [9.17, 15) is 4.79 Å². The molecular formula is C16H15ClN2O2. The van der Waals surface area contributed by atoms with Crippen LogP contribution in [-0.4, -0.2) is 19.1 Å². The lowest BCUT2D eigenvalue weighted by Crippen LogP contribution is -2.07. The van der Waals surface area contributed by atoms with Gasteiger partial charge in [0, 0.05) is 22.8 Å². The number of halogens is 1. The molecule has 21 heavy (non-hydrogen) atoms. The van der Waals surface area contributed by atoms with Crippen LogP contribution in [0.2, 0.25) is 5.02 Å². The summed E-state index contributed by atoms with van der Waals surface area (Å²) in [6, 6.07) is 12.7. The third kappa shape index (κ3) is 3.83. The predicted octanol–water partition coefficient (Wildman–Crippen LogP) is 3.53. The van der Waals surface area contributed by atoms with Gasteiger partial charge in [-0.2, -0.15) is 0 Å². The number of carbonyl (C=O) groups excluding carboxylic acids is 1. The van der Waals surface area contributed by atoms with Crippen LogP contribution in [0, 0.1) is 5.41 Å². The molecule has 0 aliphatic heterocycles. The maximum atomic E-state index is 10.8. The lowest BCUT2D eigenvalue weighted by Gasteiger charge is -2.12. The zero-order valence-electron chi connectivity index (χ0n) is 11.5. The van der Waals surface area contributed by atoms with Crippen LogP contribution in [0.5, 0.6) is 5.75 Å². The van der Waals surface area contributed by atoms with Gasteiger partial charge in [0.15, 0.2) is 6.29 Å². The average Bonchev–Trinajstić information content (AvgIpc) is 2.52. The van der Waals surface area contributed by atoms with Crippen molar-refractivity contribution in [1.82, 2.24) is 0 Å². The minimum atomic E-state index is -0.0797. The molecule has 0 aromatic heterocycles. The van der Waals surface area contributed by atoms with E-state index >= 15 is 0 Å². The molecule has 108 valence electrons. The largest absolute Gasteiger partial charge is 0.497 e. The minimum Gasteiger partial charge on any atom is -0.497 e. The number of carbonyl (C=O) groups is 1. The molecule has 0 aliphatic carbocycles. The second kappa shape index (κ2) is 6.90. The van der Waals surface area contributed by atoms with E-state index < -0.39 is 0 Å². The Labute approximate surface area is 128 Å². The summed E-state index contributed by atoms with van der Waals surface area (Å²) in [4.78, 5) is 10.8. The average molecular weight is 303 g/mol. The van der Waals surface area contributed by atoms with Crippen molar-refractivity contribution in [3.63, 3.8) is 0 Å². The number of nitrogens with one attached hydrogen (secondary N) is 2. The topological polar surface area (TPSA) is 62.2 Å². The van der Waals surface area contributed by atoms with E-state index in [1.807, 2.05) is 24.3 Å². The molecule has 0 unspecified atom stereocenters. The first-order valence-corrected chi connectivity index (χ1v) is 6.72. The van der Waals surface area contributed by atoms with Crippen LogP contribution in [0.3, 0.4) is 0 Å². The van der Waals surface area contributed by atoms with Gasteiger partial charge in [-0.1, -0.05) is 23.7 Å². The van der Waals surface area contributed by atoms with Gasteiger partial charge in [-0.15, -0.1) is 0 Å². The van der Waals surface area contributed by atoms with E-state index in [0.717, 1.165) is 11.3 Å². The maximum Gasteiger partial charge on any atom is 0.168 e. The summed E-state index contributed by atoms with van der Waals surface area (Å²) < 4.78 is 5.11. The summed E-state index contributed by atoms with van der Waals surface area (Å²) in [5.74, 6) is 0.796. The molecule has 2 rings (SSSR count). The number of anilines is 1. The molecule has 2 aromatic rings. The summed E-state index contributed by atoms with van der Waals surface area (Å²) >= 11 is 5.97. The first kappa shape index (κ1) is 15.1. The van der Waals surface area contributed by atoms with E-state index in [0.29, 0.717) is 29.1 Å². The van der Waals surface area contributed by atoms with Crippen molar-refractivity contribution < 1.29 is 9.53 Å². The molecular weight excluding hydrogens is 288 g/mol. The molecule has 0 heterocycles. The smallest absolute Gasteiger partial charge is 0.168 e. The Hall–Kier alpha value is -2.33. The van der Waals surface area contributed by atoms with Gasteiger partial charge in [-0.25, -0.2) is 0 Å². The zero-order chi connectivity index (χ0) is 15.2. The fraction of sp³-hybridized carbons (Fsp3) is 0.125. The van der Waals surface area contributed by atoms with Crippen molar-refractivity contribution in [3.8, 4) is 5.75 Å². The number of rotatable bonds is 6. The standard InChI is InChI=1S/C16H15ClN2O2/c1-21-13-5-2-11(3-6-13)9-19-16-8-12(17)4-7-14(16)15(18)10-20/h2-8,10,18-19H,9H2,1H3. The van der Waals surface area contributed by atoms with Gasteiger partial charge in [-0.05, 0) is 35.9 Å². The number of benzene rings is 2. The van der Waals surface area contributed by atoms with Crippen LogP contribution in [0.15, 0.2) is 42.5 Å². The molecule has 0 spiro atoms. The number of methoxy groups -OCH3 is 1. The van der Waals surface area contributed by atoms with Crippen LogP contribution in [0.4, 0.5) is 5.69 Å². The molecule has 2 N–H and O–H groups in total. The second-order valence-electron chi connectivity index (χ2n) is 4.42. The highest BCUT2D eigenvalue weighted by Gasteiger charge is 2.08. The van der Waals surface area contributed by atoms with Gasteiger partial charge < -0.3 is 10.1 Å². The monoisotopic (exact) mass is 302 g/mol. The third-order valence-corrected chi connectivity index (χ3v) is 3.27. The second-order valence-corrected chi connectivity index (χ2v) is 4.86. The van der Waals surface area contributed by atoms with E-state index in [1.54, 1.807) is 25.3 Å². The van der Waals surface area contributed by atoms with E-state index in [2.05, 4.69) is 5.32 Å². The fourth-order valence-corrected chi connectivity index (χ4v) is 2.07. The molecule has 0 atom stereocenters. The number of aldehydes is 1. The van der Waals surface area contributed by atoms with Gasteiger partial charge in [-0.3, -0.25) is 10.2 Å². The van der Waals surface area contributed by atoms with Crippen molar-refractivity contribution in [2.24, 2.45) is 0 Å². The van der Waals surface area contributed by atoms with Crippen molar-refractivity contribution in [1.29, 1.82) is 5.41 Å². The van der Waals surface area contributed by atoms with E-state index in [-0.39, 0.29) is 5.71 Å². The fourth-order valence-electron chi connectivity index (χ4n) is 1.90. The third-order valence-electron chi connectivity index (χ3n) is 3.03. The quantitative estimate of drug-likeness (QED) is 0.634. The van der Waals surface area contributed by atoms with E-state index in [1.165, 1.54) is 0 Å². The highest BCUT2D eigenvalue weighted by atomic mass is 35.5. The SMILES string of the molecule is COc1ccc(CNc2cc(Cl)ccc2C(=N)C=O)cc1. The lowest BCUT2D eigenvalue weighted by atomic mass is 10.1. The molecule has 0 radical (unpaired) electrons. The Morgan fingerprint density at radius 2 is 2.00 bits per heavy atom. The molecule has 4 nitrogen and oxygen atoms in total. The highest BCUT2D eigenvalue weighted by molar-refractivity contribution is 6.37. The number of ether oxygens (including phenoxy) is 1. The normalized spacial score (nSPS) is 10.0. The van der Waals surface area contributed by atoms with Gasteiger partial charge in [0.2, 0.25) is 0 Å². The van der Waals surface area contributed by atoms with Gasteiger partial charge in [0.05, 0.1) is 7.11 Å². The predicted molar refractivity (Wildman–Crippen MR) is 84.7 cm³/mol. The maximum absolute atomic E-state index is 10.8. The molecule has 5 heteroatoms. The van der Waals surface area contributed by atoms with Crippen LogP contribution in [0.25, 0.3) is 0 Å². The summed E-state index contributed by atoms with van der Waals surface area (Å²) in [6.07, 6.45) is 0.516. The Balaban J connectivity index is 2.16. The molecule has 0 saturated heterocycles. The number of hydrogen-bond donors (Lipinski definition) is 2. The van der Waals surface area contributed by atoms with Crippen LogP contribution in [-0.2, 0) is 11.3 Å². The van der Waals surface area contributed by atoms with E-state index in [4.69, 9.17) is 21.7 Å². The zero-order valence-corrected chi connectivity index (χ0v) is 12.3. The lowest BCUT2D eigenvalue weighted by molar-refractivity contribution is -0.102. The van der Waals surface area contributed by atoms with Crippen LogP contribution < -0.4 is 10.1 Å². The summed E-state index contributed by atoms with van der Waals surface area (Å²) in [5, 5.41) is 11.4. The Morgan fingerprint density at radius 1 is 1.29 bits per heavy atom. The van der Waals surface area contributed by atoms with Crippen molar-refractivity contribution in [2.45, 2.75) is 6.54 Å². The Morgan fingerprint density at radius 3 is 2.62 bits per heavy atom. The summed E-state index contributed by atoms with van der Waals surface area (Å²) in [7, 11) is 1.62. The molecule has 0 aliphatic rings. The van der Waals surface area contributed by atoms with Crippen molar-refractivity contribution in [3.05, 3.63) is 58.6 Å². The number of hydrogen-bond acceptors (Lipinski definition) is 4. The highest BCUT2D eigenvalue weighted by Crippen LogP contribution is 2.22. The molecule has 0 amide bonds. The Bertz CT molecular complexity index is 654. The summed E-state index contributed by atoms with van der Waals surface area (Å²) in [6.45, 7) is 0.559. The van der Waals surface area contributed by atoms with Crippen LogP contribution >= 0.6 is 11.6 Å². The summed E-state index contributed by atoms with van der Waals surface area (Å²) in [5.41, 5.74) is 2.17. The van der Waals surface area contributed by atoms with Gasteiger partial charge in [0.1, 0.15) is 11.5 Å². The molecule has 0 bridgehead atoms. The van der Waals surface area contributed by atoms with Crippen molar-refractivity contribution >= 4 is 29.3 Å². The van der Waals surface area contributed by atoms with Crippen LogP contribution in [0.1, 0.15) is 11.1 Å². The van der Waals surface area contributed by atoms with Crippen molar-refractivity contribution in [2.75, 3.05) is 12.4 Å². The van der Waals surface area contributed by atoms with Gasteiger partial charge >= 0.3 is 0 Å². The first-order valence-electron chi connectivity index (χ1n) is 6.34. The minimum absolute atomic E-state index is 0.0797. The first-order chi connectivity index (χ1) is 10.1. The molecule has 0 saturated carbocycles. The van der Waals surface area contributed by atoms with Gasteiger partial charge in [0.25, 0.3) is 0 Å². The molecule has 0 fully saturated rings. The Kier molecular flexibility index (Phi) is 4.95.